The lowest BCUT2D eigenvalue weighted by Crippen LogP contribution is -2.34. The summed E-state index contributed by atoms with van der Waals surface area (Å²) in [5.74, 6) is 0.187. The first kappa shape index (κ1) is 24.3. The van der Waals surface area contributed by atoms with Crippen LogP contribution in [0.5, 0.6) is 11.5 Å². The number of aliphatic hydroxyl groups excluding tert-OH is 2. The van der Waals surface area contributed by atoms with Crippen LogP contribution in [0.2, 0.25) is 0 Å². The lowest BCUT2D eigenvalue weighted by Gasteiger charge is -2.16. The molecule has 1 aliphatic heterocycles. The molecule has 0 bridgehead atoms. The van der Waals surface area contributed by atoms with E-state index in [0.717, 1.165) is 5.56 Å². The number of ether oxygens (including phenoxy) is 4. The molecule has 3 aromatic rings. The second kappa shape index (κ2) is 10.2. The molecule has 1 fully saturated rings. The van der Waals surface area contributed by atoms with E-state index in [4.69, 9.17) is 18.9 Å². The van der Waals surface area contributed by atoms with E-state index in [1.54, 1.807) is 18.2 Å². The molecule has 2 unspecified atom stereocenters. The maximum absolute atomic E-state index is 11.2. The summed E-state index contributed by atoms with van der Waals surface area (Å²) in [5, 5.41) is 24.0. The summed E-state index contributed by atoms with van der Waals surface area (Å²) in [4.78, 5) is 35.2. The molecule has 1 saturated heterocycles. The van der Waals surface area contributed by atoms with Crippen molar-refractivity contribution in [1.82, 2.24) is 19.5 Å². The van der Waals surface area contributed by atoms with Crippen LogP contribution < -0.4 is 14.8 Å². The van der Waals surface area contributed by atoms with E-state index < -0.39 is 36.5 Å². The molecule has 13 heteroatoms. The standard InChI is InChI=1S/C22H25N5O8/c1-11(28)33-8-16-18(30)19(31)22(35-16)27-10-26-17-20(24-9-25-21(17)27)23-7-13-4-5-14(34-12(2)29)15(6-13)32-3/h4-6,9-10,16,18-19,22,30-31H,7-8H2,1-3H3,(H,23,24,25)/t16-,18?,19?,22-/m1/s1. The molecule has 3 N–H and O–H groups in total. The van der Waals surface area contributed by atoms with E-state index >= 15 is 0 Å². The third kappa shape index (κ3) is 5.16. The molecule has 0 radical (unpaired) electrons. The summed E-state index contributed by atoms with van der Waals surface area (Å²) >= 11 is 0. The number of nitrogens with one attached hydrogen (secondary N) is 1. The van der Waals surface area contributed by atoms with E-state index in [1.165, 1.54) is 38.2 Å². The number of anilines is 1. The third-order valence-electron chi connectivity index (χ3n) is 5.36. The lowest BCUT2D eigenvalue weighted by atomic mass is 10.1. The van der Waals surface area contributed by atoms with Gasteiger partial charge >= 0.3 is 11.9 Å². The smallest absolute Gasteiger partial charge is 0.308 e. The molecule has 3 heterocycles. The highest BCUT2D eigenvalue weighted by Gasteiger charge is 2.44. The van der Waals surface area contributed by atoms with Crippen molar-refractivity contribution in [2.24, 2.45) is 0 Å². The Balaban J connectivity index is 1.51. The largest absolute Gasteiger partial charge is 0.493 e. The lowest BCUT2D eigenvalue weighted by molar-refractivity contribution is -0.147. The Kier molecular flexibility index (Phi) is 7.10. The average Bonchev–Trinajstić information content (AvgIpc) is 3.38. The summed E-state index contributed by atoms with van der Waals surface area (Å²) < 4.78 is 22.5. The van der Waals surface area contributed by atoms with E-state index in [-0.39, 0.29) is 6.61 Å². The summed E-state index contributed by atoms with van der Waals surface area (Å²) in [7, 11) is 1.48. The molecule has 186 valence electrons. The number of rotatable bonds is 8. The maximum atomic E-state index is 11.2. The molecular formula is C22H25N5O8. The minimum absolute atomic E-state index is 0.196. The van der Waals surface area contributed by atoms with Crippen molar-refractivity contribution >= 4 is 28.9 Å². The zero-order valence-electron chi connectivity index (χ0n) is 19.2. The summed E-state index contributed by atoms with van der Waals surface area (Å²) in [6, 6.07) is 5.14. The van der Waals surface area contributed by atoms with Crippen LogP contribution in [0.3, 0.4) is 0 Å². The minimum atomic E-state index is -1.29. The number of hydrogen-bond donors (Lipinski definition) is 3. The van der Waals surface area contributed by atoms with E-state index in [1.807, 2.05) is 0 Å². The first-order valence-corrected chi connectivity index (χ1v) is 10.7. The predicted octanol–water partition coefficient (Wildman–Crippen LogP) is 0.555. The molecule has 35 heavy (non-hydrogen) atoms. The van der Waals surface area contributed by atoms with Gasteiger partial charge in [0.2, 0.25) is 0 Å². The third-order valence-corrected chi connectivity index (χ3v) is 5.36. The van der Waals surface area contributed by atoms with Gasteiger partial charge in [0, 0.05) is 20.4 Å². The molecule has 0 spiro atoms. The molecule has 1 aliphatic rings. The van der Waals surface area contributed by atoms with Gasteiger partial charge in [0.1, 0.15) is 31.2 Å². The predicted molar refractivity (Wildman–Crippen MR) is 120 cm³/mol. The second-order valence-electron chi connectivity index (χ2n) is 7.83. The van der Waals surface area contributed by atoms with Gasteiger partial charge in [-0.25, -0.2) is 15.0 Å². The highest BCUT2D eigenvalue weighted by molar-refractivity contribution is 5.82. The van der Waals surface area contributed by atoms with Crippen molar-refractivity contribution in [1.29, 1.82) is 0 Å². The maximum Gasteiger partial charge on any atom is 0.308 e. The van der Waals surface area contributed by atoms with Gasteiger partial charge in [0.15, 0.2) is 34.7 Å². The van der Waals surface area contributed by atoms with Crippen LogP contribution in [0.25, 0.3) is 11.2 Å². The van der Waals surface area contributed by atoms with Gasteiger partial charge in [-0.15, -0.1) is 0 Å². The number of carbonyl (C=O) groups excluding carboxylic acids is 2. The first-order chi connectivity index (χ1) is 16.8. The van der Waals surface area contributed by atoms with Crippen molar-refractivity contribution in [2.75, 3.05) is 19.0 Å². The van der Waals surface area contributed by atoms with E-state index in [0.29, 0.717) is 35.0 Å². The average molecular weight is 487 g/mol. The van der Waals surface area contributed by atoms with E-state index in [9.17, 15) is 19.8 Å². The number of methoxy groups -OCH3 is 1. The van der Waals surface area contributed by atoms with Gasteiger partial charge < -0.3 is 34.5 Å². The molecule has 4 rings (SSSR count). The highest BCUT2D eigenvalue weighted by Crippen LogP contribution is 2.33. The number of imidazole rings is 1. The molecule has 13 nitrogen and oxygen atoms in total. The van der Waals surface area contributed by atoms with Crippen LogP contribution in [0.15, 0.2) is 30.9 Å². The van der Waals surface area contributed by atoms with Gasteiger partial charge in [-0.1, -0.05) is 6.07 Å². The Hall–Kier alpha value is -3.81. The number of hydrogen-bond acceptors (Lipinski definition) is 12. The number of aromatic nitrogens is 4. The van der Waals surface area contributed by atoms with Crippen molar-refractivity contribution in [3.8, 4) is 11.5 Å². The number of aliphatic hydroxyl groups is 2. The Morgan fingerprint density at radius 2 is 1.91 bits per heavy atom. The summed E-state index contributed by atoms with van der Waals surface area (Å²) in [5.41, 5.74) is 1.62. The number of nitrogens with zero attached hydrogens (tertiary/aromatic N) is 4. The van der Waals surface area contributed by atoms with Crippen molar-refractivity contribution in [3.63, 3.8) is 0 Å². The van der Waals surface area contributed by atoms with Gasteiger partial charge in [0.05, 0.1) is 13.4 Å². The molecular weight excluding hydrogens is 462 g/mol. The van der Waals surface area contributed by atoms with Crippen LogP contribution in [-0.4, -0.2) is 73.7 Å². The Morgan fingerprint density at radius 1 is 1.11 bits per heavy atom. The first-order valence-electron chi connectivity index (χ1n) is 10.7. The van der Waals surface area contributed by atoms with Gasteiger partial charge in [-0.2, -0.15) is 0 Å². The number of esters is 2. The minimum Gasteiger partial charge on any atom is -0.493 e. The Labute approximate surface area is 199 Å². The molecule has 0 saturated carbocycles. The van der Waals surface area contributed by atoms with Gasteiger partial charge in [0.25, 0.3) is 0 Å². The zero-order chi connectivity index (χ0) is 25.1. The molecule has 4 atom stereocenters. The zero-order valence-corrected chi connectivity index (χ0v) is 19.2. The second-order valence-corrected chi connectivity index (χ2v) is 7.83. The van der Waals surface area contributed by atoms with Crippen LogP contribution >= 0.6 is 0 Å². The topological polar surface area (TPSA) is 167 Å². The van der Waals surface area contributed by atoms with Crippen LogP contribution in [0, 0.1) is 0 Å². The van der Waals surface area contributed by atoms with Crippen molar-refractivity contribution in [2.45, 2.75) is 44.9 Å². The fourth-order valence-corrected chi connectivity index (χ4v) is 3.71. The molecule has 2 aromatic heterocycles. The fourth-order valence-electron chi connectivity index (χ4n) is 3.71. The Morgan fingerprint density at radius 3 is 2.63 bits per heavy atom. The van der Waals surface area contributed by atoms with Crippen molar-refractivity contribution in [3.05, 3.63) is 36.4 Å². The number of carbonyl (C=O) groups is 2. The van der Waals surface area contributed by atoms with Crippen LogP contribution in [0.1, 0.15) is 25.6 Å². The van der Waals surface area contributed by atoms with Crippen molar-refractivity contribution < 1.29 is 38.7 Å². The van der Waals surface area contributed by atoms with E-state index in [2.05, 4.69) is 20.3 Å². The summed E-state index contributed by atoms with van der Waals surface area (Å²) in [6.07, 6.45) is -1.68. The summed E-state index contributed by atoms with van der Waals surface area (Å²) in [6.45, 7) is 2.71. The normalized spacial score (nSPS) is 21.6. The molecule has 0 aliphatic carbocycles. The van der Waals surface area contributed by atoms with Crippen LogP contribution in [-0.2, 0) is 25.6 Å². The fraction of sp³-hybridized carbons (Fsp3) is 0.409. The molecule has 0 amide bonds. The SMILES string of the molecule is COc1cc(CNc2ncnc3c2ncn3[C@@H]2O[C@H](COC(C)=O)C(O)C2O)ccc1OC(C)=O. The highest BCUT2D eigenvalue weighted by atomic mass is 16.6. The number of benzene rings is 1. The van der Waals surface area contributed by atoms with Crippen LogP contribution in [0.4, 0.5) is 5.82 Å². The monoisotopic (exact) mass is 487 g/mol. The quantitative estimate of drug-likeness (QED) is 0.299. The van der Waals surface area contributed by atoms with Gasteiger partial charge in [-0.3, -0.25) is 14.2 Å². The van der Waals surface area contributed by atoms with Gasteiger partial charge in [-0.05, 0) is 17.7 Å². The Bertz CT molecular complexity index is 1230. The molecule has 1 aromatic carbocycles. The number of fused-ring (bicyclic) bond motifs is 1.